The number of thioether (sulfide) groups is 1. The molecule has 27 heavy (non-hydrogen) atoms. The minimum absolute atomic E-state index is 0.127. The number of guanidine groups is 1. The molecule has 3 aliphatic rings. The lowest BCUT2D eigenvalue weighted by atomic mass is 10.1. The molecule has 1 unspecified atom stereocenters. The molecule has 3 rings (SSSR count). The van der Waals surface area contributed by atoms with E-state index in [2.05, 4.69) is 20.1 Å². The number of rotatable bonds is 6. The van der Waals surface area contributed by atoms with Crippen molar-refractivity contribution in [2.45, 2.75) is 6.42 Å². The summed E-state index contributed by atoms with van der Waals surface area (Å²) in [4.78, 5) is 9.11. The van der Waals surface area contributed by atoms with Crippen LogP contribution < -0.4 is 5.32 Å². The quantitative estimate of drug-likeness (QED) is 0.463. The van der Waals surface area contributed by atoms with E-state index in [9.17, 15) is 8.42 Å². The van der Waals surface area contributed by atoms with Crippen LogP contribution in [0.2, 0.25) is 0 Å². The first-order valence-electron chi connectivity index (χ1n) is 9.90. The standard InChI is InChI=1S/C17H33N5O3S2/c1-18-17(19-3-13-27(23,24)22-7-11-26-12-8-22)21-4-2-16(15-21)14-20-5-9-25-10-6-20/h16H,2-15H2,1H3,(H,18,19). The number of morpholine rings is 1. The molecule has 3 fully saturated rings. The first-order valence-corrected chi connectivity index (χ1v) is 12.7. The number of nitrogens with zero attached hydrogens (tertiary/aromatic N) is 4. The highest BCUT2D eigenvalue weighted by Crippen LogP contribution is 2.18. The molecule has 0 aromatic heterocycles. The zero-order chi connectivity index (χ0) is 19.1. The van der Waals surface area contributed by atoms with Gasteiger partial charge < -0.3 is 15.0 Å². The van der Waals surface area contributed by atoms with Gasteiger partial charge in [0.15, 0.2) is 5.96 Å². The number of ether oxygens (including phenoxy) is 1. The fourth-order valence-electron chi connectivity index (χ4n) is 3.90. The molecule has 3 heterocycles. The van der Waals surface area contributed by atoms with Crippen LogP contribution in [-0.2, 0) is 14.8 Å². The van der Waals surface area contributed by atoms with Crippen molar-refractivity contribution in [2.75, 3.05) is 89.9 Å². The van der Waals surface area contributed by atoms with E-state index in [4.69, 9.17) is 4.74 Å². The van der Waals surface area contributed by atoms with Gasteiger partial charge in [-0.1, -0.05) is 0 Å². The molecule has 1 atom stereocenters. The van der Waals surface area contributed by atoms with E-state index in [0.29, 0.717) is 25.6 Å². The molecule has 1 N–H and O–H groups in total. The fraction of sp³-hybridized carbons (Fsp3) is 0.941. The van der Waals surface area contributed by atoms with Crippen LogP contribution in [-0.4, -0.2) is 118 Å². The number of likely N-dealkylation sites (tertiary alicyclic amines) is 1. The Hall–Kier alpha value is -0.550. The van der Waals surface area contributed by atoms with E-state index in [0.717, 1.165) is 69.8 Å². The normalized spacial score (nSPS) is 26.5. The van der Waals surface area contributed by atoms with Gasteiger partial charge in [-0.05, 0) is 12.3 Å². The number of hydrogen-bond acceptors (Lipinski definition) is 6. The van der Waals surface area contributed by atoms with Crippen molar-refractivity contribution in [3.05, 3.63) is 0 Å². The monoisotopic (exact) mass is 419 g/mol. The van der Waals surface area contributed by atoms with Gasteiger partial charge in [0.25, 0.3) is 0 Å². The predicted octanol–water partition coefficient (Wildman–Crippen LogP) is -0.405. The molecule has 0 radical (unpaired) electrons. The lowest BCUT2D eigenvalue weighted by molar-refractivity contribution is 0.0315. The maximum absolute atomic E-state index is 12.5. The third-order valence-corrected chi connectivity index (χ3v) is 8.24. The van der Waals surface area contributed by atoms with Crippen LogP contribution in [0.25, 0.3) is 0 Å². The van der Waals surface area contributed by atoms with E-state index < -0.39 is 10.0 Å². The average molecular weight is 420 g/mol. The van der Waals surface area contributed by atoms with Crippen molar-refractivity contribution in [3.8, 4) is 0 Å². The molecule has 3 aliphatic heterocycles. The summed E-state index contributed by atoms with van der Waals surface area (Å²) < 4.78 is 32.0. The van der Waals surface area contributed by atoms with E-state index >= 15 is 0 Å². The van der Waals surface area contributed by atoms with Gasteiger partial charge in [0.2, 0.25) is 10.0 Å². The van der Waals surface area contributed by atoms with Crippen molar-refractivity contribution in [3.63, 3.8) is 0 Å². The second-order valence-electron chi connectivity index (χ2n) is 7.32. The van der Waals surface area contributed by atoms with E-state index in [1.165, 1.54) is 0 Å². The molecule has 3 saturated heterocycles. The van der Waals surface area contributed by atoms with Crippen LogP contribution in [0.1, 0.15) is 6.42 Å². The number of hydrogen-bond donors (Lipinski definition) is 1. The summed E-state index contributed by atoms with van der Waals surface area (Å²) in [7, 11) is -1.40. The van der Waals surface area contributed by atoms with E-state index in [1.807, 2.05) is 11.8 Å². The molecule has 0 bridgehead atoms. The van der Waals surface area contributed by atoms with Crippen LogP contribution in [0.3, 0.4) is 0 Å². The van der Waals surface area contributed by atoms with Gasteiger partial charge in [-0.25, -0.2) is 12.7 Å². The van der Waals surface area contributed by atoms with Gasteiger partial charge in [-0.15, -0.1) is 0 Å². The number of sulfonamides is 1. The SMILES string of the molecule is CN=C(NCCS(=O)(=O)N1CCSCC1)N1CCC(CN2CCOCC2)C1. The van der Waals surface area contributed by atoms with E-state index in [1.54, 1.807) is 11.4 Å². The minimum atomic E-state index is -3.18. The number of aliphatic imine (C=N–C) groups is 1. The average Bonchev–Trinajstić information content (AvgIpc) is 3.15. The second kappa shape index (κ2) is 10.3. The summed E-state index contributed by atoms with van der Waals surface area (Å²) in [5.74, 6) is 3.38. The Morgan fingerprint density at radius 1 is 1.19 bits per heavy atom. The fourth-order valence-corrected chi connectivity index (χ4v) is 6.39. The first-order chi connectivity index (χ1) is 13.1. The molecule has 0 aromatic rings. The molecular formula is C17H33N5O3S2. The van der Waals surface area contributed by atoms with Gasteiger partial charge in [-0.2, -0.15) is 11.8 Å². The summed E-state index contributed by atoms with van der Waals surface area (Å²) in [6.07, 6.45) is 1.15. The zero-order valence-corrected chi connectivity index (χ0v) is 17.9. The lowest BCUT2D eigenvalue weighted by Gasteiger charge is -2.29. The second-order valence-corrected chi connectivity index (χ2v) is 10.6. The molecule has 8 nitrogen and oxygen atoms in total. The van der Waals surface area contributed by atoms with Crippen molar-refractivity contribution >= 4 is 27.7 Å². The van der Waals surface area contributed by atoms with Crippen LogP contribution in [0.4, 0.5) is 0 Å². The third-order valence-electron chi connectivity index (χ3n) is 5.42. The van der Waals surface area contributed by atoms with Gasteiger partial charge in [0, 0.05) is 70.9 Å². The molecule has 0 aliphatic carbocycles. The summed E-state index contributed by atoms with van der Waals surface area (Å²) >= 11 is 1.82. The van der Waals surface area contributed by atoms with Crippen LogP contribution >= 0.6 is 11.8 Å². The smallest absolute Gasteiger partial charge is 0.215 e. The summed E-state index contributed by atoms with van der Waals surface area (Å²) in [5, 5.41) is 3.26. The van der Waals surface area contributed by atoms with Gasteiger partial charge in [0.1, 0.15) is 0 Å². The Balaban J connectivity index is 1.41. The summed E-state index contributed by atoms with van der Waals surface area (Å²) in [6.45, 7) is 8.47. The maximum atomic E-state index is 12.5. The number of nitrogens with one attached hydrogen (secondary N) is 1. The molecule has 156 valence electrons. The van der Waals surface area contributed by atoms with Crippen LogP contribution in [0.5, 0.6) is 0 Å². The highest BCUT2D eigenvalue weighted by atomic mass is 32.2. The van der Waals surface area contributed by atoms with Crippen LogP contribution in [0.15, 0.2) is 4.99 Å². The van der Waals surface area contributed by atoms with Gasteiger partial charge >= 0.3 is 0 Å². The minimum Gasteiger partial charge on any atom is -0.379 e. The largest absolute Gasteiger partial charge is 0.379 e. The van der Waals surface area contributed by atoms with Crippen molar-refractivity contribution < 1.29 is 13.2 Å². The van der Waals surface area contributed by atoms with Crippen molar-refractivity contribution in [1.29, 1.82) is 0 Å². The Morgan fingerprint density at radius 3 is 2.63 bits per heavy atom. The molecule has 10 heteroatoms. The zero-order valence-electron chi connectivity index (χ0n) is 16.3. The van der Waals surface area contributed by atoms with Crippen molar-refractivity contribution in [1.82, 2.24) is 19.4 Å². The Bertz CT molecular complexity index is 589. The first kappa shape index (κ1) is 21.2. The molecular weight excluding hydrogens is 386 g/mol. The van der Waals surface area contributed by atoms with Gasteiger partial charge in [-0.3, -0.25) is 9.89 Å². The Kier molecular flexibility index (Phi) is 8.07. The Labute approximate surface area is 167 Å². The van der Waals surface area contributed by atoms with E-state index in [-0.39, 0.29) is 5.75 Å². The molecule has 0 aromatic carbocycles. The summed E-state index contributed by atoms with van der Waals surface area (Å²) in [5.41, 5.74) is 0. The Morgan fingerprint density at radius 2 is 1.93 bits per heavy atom. The topological polar surface area (TPSA) is 77.5 Å². The highest BCUT2D eigenvalue weighted by Gasteiger charge is 2.28. The molecule has 0 amide bonds. The summed E-state index contributed by atoms with van der Waals surface area (Å²) in [6, 6.07) is 0. The molecule has 0 saturated carbocycles. The third kappa shape index (κ3) is 6.22. The van der Waals surface area contributed by atoms with Crippen LogP contribution in [0, 0.1) is 5.92 Å². The highest BCUT2D eigenvalue weighted by molar-refractivity contribution is 7.99. The maximum Gasteiger partial charge on any atom is 0.215 e. The van der Waals surface area contributed by atoms with Gasteiger partial charge in [0.05, 0.1) is 19.0 Å². The molecule has 0 spiro atoms. The lowest BCUT2D eigenvalue weighted by Crippen LogP contribution is -2.45. The van der Waals surface area contributed by atoms with Crippen molar-refractivity contribution in [2.24, 2.45) is 10.9 Å². The predicted molar refractivity (Wildman–Crippen MR) is 111 cm³/mol.